The molecule has 1 atom stereocenters. The minimum Gasteiger partial charge on any atom is -0.338 e. The number of benzene rings is 2. The van der Waals surface area contributed by atoms with E-state index in [1.807, 2.05) is 0 Å². The van der Waals surface area contributed by atoms with Crippen LogP contribution in [0.1, 0.15) is 22.3 Å². The van der Waals surface area contributed by atoms with Gasteiger partial charge in [0.05, 0.1) is 10.6 Å². The topological polar surface area (TPSA) is 80.5 Å². The van der Waals surface area contributed by atoms with E-state index in [2.05, 4.69) is 0 Å². The lowest BCUT2D eigenvalue weighted by Gasteiger charge is -2.18. The minimum atomic E-state index is -3.50. The quantitative estimate of drug-likeness (QED) is 0.887. The zero-order chi connectivity index (χ0) is 17.9. The standard InChI is InChI=1S/C19H22N2O3S/c20-12-15-10-11-21(13-15)19(22)18-9-5-4-6-16(18)14-25(23,24)17-7-2-1-3-8-17/h1-9,15H,10-14,20H2/t15-/m1/s1. The number of sulfone groups is 1. The smallest absolute Gasteiger partial charge is 0.254 e. The summed E-state index contributed by atoms with van der Waals surface area (Å²) in [5.74, 6) is 0.0200. The second-order valence-corrected chi connectivity index (χ2v) is 8.36. The SMILES string of the molecule is NC[C@H]1CCN(C(=O)c2ccccc2CS(=O)(=O)c2ccccc2)C1. The third-order valence-corrected chi connectivity index (χ3v) is 6.28. The van der Waals surface area contributed by atoms with Crippen molar-refractivity contribution in [1.82, 2.24) is 4.90 Å². The zero-order valence-corrected chi connectivity index (χ0v) is 14.8. The van der Waals surface area contributed by atoms with Crippen molar-refractivity contribution < 1.29 is 13.2 Å². The maximum absolute atomic E-state index is 12.8. The lowest BCUT2D eigenvalue weighted by molar-refractivity contribution is 0.0787. The van der Waals surface area contributed by atoms with Crippen molar-refractivity contribution in [1.29, 1.82) is 0 Å². The average Bonchev–Trinajstić information content (AvgIpc) is 3.11. The van der Waals surface area contributed by atoms with Crippen LogP contribution in [0.3, 0.4) is 0 Å². The van der Waals surface area contributed by atoms with Crippen LogP contribution in [0.2, 0.25) is 0 Å². The Kier molecular flexibility index (Phi) is 5.20. The minimum absolute atomic E-state index is 0.116. The Labute approximate surface area is 148 Å². The molecule has 1 heterocycles. The molecule has 2 N–H and O–H groups in total. The van der Waals surface area contributed by atoms with E-state index in [0.29, 0.717) is 36.7 Å². The van der Waals surface area contributed by atoms with Crippen LogP contribution in [-0.2, 0) is 15.6 Å². The number of hydrogen-bond donors (Lipinski definition) is 1. The van der Waals surface area contributed by atoms with Crippen molar-refractivity contribution in [2.24, 2.45) is 11.7 Å². The first-order valence-corrected chi connectivity index (χ1v) is 10.0. The highest BCUT2D eigenvalue weighted by Gasteiger charge is 2.28. The molecule has 2 aromatic carbocycles. The molecule has 1 fully saturated rings. The molecule has 0 aromatic heterocycles. The summed E-state index contributed by atoms with van der Waals surface area (Å²) in [6, 6.07) is 15.3. The maximum Gasteiger partial charge on any atom is 0.254 e. The molecule has 0 radical (unpaired) electrons. The van der Waals surface area contributed by atoms with E-state index in [4.69, 9.17) is 5.73 Å². The van der Waals surface area contributed by atoms with E-state index in [9.17, 15) is 13.2 Å². The van der Waals surface area contributed by atoms with Crippen LogP contribution in [-0.4, -0.2) is 38.9 Å². The molecule has 0 unspecified atom stereocenters. The van der Waals surface area contributed by atoms with Gasteiger partial charge in [0, 0.05) is 18.7 Å². The van der Waals surface area contributed by atoms with Crippen molar-refractivity contribution in [2.45, 2.75) is 17.1 Å². The molecule has 0 aliphatic carbocycles. The van der Waals surface area contributed by atoms with E-state index in [1.165, 1.54) is 0 Å². The van der Waals surface area contributed by atoms with Gasteiger partial charge in [0.2, 0.25) is 0 Å². The van der Waals surface area contributed by atoms with Gasteiger partial charge in [-0.3, -0.25) is 4.79 Å². The second kappa shape index (κ2) is 7.37. The van der Waals surface area contributed by atoms with Crippen molar-refractivity contribution in [3.05, 3.63) is 65.7 Å². The Bertz CT molecular complexity index is 850. The van der Waals surface area contributed by atoms with Gasteiger partial charge in [-0.25, -0.2) is 8.42 Å². The number of hydrogen-bond acceptors (Lipinski definition) is 4. The zero-order valence-electron chi connectivity index (χ0n) is 14.0. The van der Waals surface area contributed by atoms with Crippen molar-refractivity contribution in [3.8, 4) is 0 Å². The number of carbonyl (C=O) groups excluding carboxylic acids is 1. The summed E-state index contributed by atoms with van der Waals surface area (Å²) >= 11 is 0. The summed E-state index contributed by atoms with van der Waals surface area (Å²) in [6.07, 6.45) is 0.896. The summed E-state index contributed by atoms with van der Waals surface area (Å²) in [5.41, 5.74) is 6.69. The van der Waals surface area contributed by atoms with E-state index in [-0.39, 0.29) is 16.6 Å². The van der Waals surface area contributed by atoms with Crippen LogP contribution in [0.4, 0.5) is 0 Å². The molecule has 1 aliphatic heterocycles. The molecule has 6 heteroatoms. The van der Waals surface area contributed by atoms with Crippen LogP contribution in [0, 0.1) is 5.92 Å². The van der Waals surface area contributed by atoms with Gasteiger partial charge in [-0.2, -0.15) is 0 Å². The van der Waals surface area contributed by atoms with Crippen molar-refractivity contribution in [3.63, 3.8) is 0 Å². The number of carbonyl (C=O) groups is 1. The molecule has 1 amide bonds. The Hall–Kier alpha value is -2.18. The molecule has 1 saturated heterocycles. The first-order valence-electron chi connectivity index (χ1n) is 8.36. The molecule has 0 saturated carbocycles. The predicted octanol–water partition coefficient (Wildman–Crippen LogP) is 2.08. The molecule has 2 aromatic rings. The third-order valence-electron chi connectivity index (χ3n) is 4.60. The van der Waals surface area contributed by atoms with Gasteiger partial charge in [-0.05, 0) is 42.6 Å². The predicted molar refractivity (Wildman–Crippen MR) is 96.8 cm³/mol. The Balaban J connectivity index is 1.86. The van der Waals surface area contributed by atoms with Gasteiger partial charge >= 0.3 is 0 Å². The van der Waals surface area contributed by atoms with Crippen LogP contribution in [0.25, 0.3) is 0 Å². The molecule has 0 bridgehead atoms. The van der Waals surface area contributed by atoms with Gasteiger partial charge in [0.25, 0.3) is 5.91 Å². The fraction of sp³-hybridized carbons (Fsp3) is 0.316. The van der Waals surface area contributed by atoms with Gasteiger partial charge in [-0.1, -0.05) is 36.4 Å². The fourth-order valence-electron chi connectivity index (χ4n) is 3.15. The first kappa shape index (κ1) is 17.6. The Morgan fingerprint density at radius 3 is 2.44 bits per heavy atom. The number of rotatable bonds is 5. The molecule has 1 aliphatic rings. The van der Waals surface area contributed by atoms with Gasteiger partial charge < -0.3 is 10.6 Å². The lowest BCUT2D eigenvalue weighted by Crippen LogP contribution is -2.30. The average molecular weight is 358 g/mol. The highest BCUT2D eigenvalue weighted by molar-refractivity contribution is 7.90. The number of nitrogens with two attached hydrogens (primary N) is 1. The van der Waals surface area contributed by atoms with Gasteiger partial charge in [-0.15, -0.1) is 0 Å². The molecule has 132 valence electrons. The molecule has 25 heavy (non-hydrogen) atoms. The molecule has 3 rings (SSSR count). The highest BCUT2D eigenvalue weighted by Crippen LogP contribution is 2.23. The normalized spacial score (nSPS) is 17.6. The van der Waals surface area contributed by atoms with E-state index in [1.54, 1.807) is 59.5 Å². The maximum atomic E-state index is 12.8. The summed E-state index contributed by atoms with van der Waals surface area (Å²) < 4.78 is 25.3. The highest BCUT2D eigenvalue weighted by atomic mass is 32.2. The van der Waals surface area contributed by atoms with Crippen molar-refractivity contribution >= 4 is 15.7 Å². The summed E-state index contributed by atoms with van der Waals surface area (Å²) in [5, 5.41) is 0. The number of nitrogens with zero attached hydrogens (tertiary/aromatic N) is 1. The van der Waals surface area contributed by atoms with E-state index < -0.39 is 9.84 Å². The first-order chi connectivity index (χ1) is 12.0. The molecular weight excluding hydrogens is 336 g/mol. The monoisotopic (exact) mass is 358 g/mol. The van der Waals surface area contributed by atoms with Crippen molar-refractivity contribution in [2.75, 3.05) is 19.6 Å². The van der Waals surface area contributed by atoms with E-state index in [0.717, 1.165) is 6.42 Å². The third kappa shape index (κ3) is 3.91. The van der Waals surface area contributed by atoms with Gasteiger partial charge in [0.15, 0.2) is 9.84 Å². The lowest BCUT2D eigenvalue weighted by atomic mass is 10.1. The van der Waals surface area contributed by atoms with E-state index >= 15 is 0 Å². The molecule has 0 spiro atoms. The van der Waals surface area contributed by atoms with Crippen LogP contribution in [0.5, 0.6) is 0 Å². The summed E-state index contributed by atoms with van der Waals surface area (Å²) in [7, 11) is -3.50. The summed E-state index contributed by atoms with van der Waals surface area (Å²) in [4.78, 5) is 14.9. The summed E-state index contributed by atoms with van der Waals surface area (Å²) in [6.45, 7) is 1.86. The van der Waals surface area contributed by atoms with Gasteiger partial charge in [0.1, 0.15) is 0 Å². The Morgan fingerprint density at radius 2 is 1.76 bits per heavy atom. The fourth-order valence-corrected chi connectivity index (χ4v) is 4.55. The van der Waals surface area contributed by atoms with Crippen LogP contribution in [0.15, 0.2) is 59.5 Å². The number of likely N-dealkylation sites (tertiary alicyclic amines) is 1. The molecular formula is C19H22N2O3S. The van der Waals surface area contributed by atoms with Crippen LogP contribution >= 0.6 is 0 Å². The number of amides is 1. The van der Waals surface area contributed by atoms with Crippen LogP contribution < -0.4 is 5.73 Å². The largest absolute Gasteiger partial charge is 0.338 e. The molecule has 5 nitrogen and oxygen atoms in total. The Morgan fingerprint density at radius 1 is 1.08 bits per heavy atom. The second-order valence-electron chi connectivity index (χ2n) is 6.37.